The number of amides is 1. The van der Waals surface area contributed by atoms with E-state index in [1.807, 2.05) is 0 Å². The molecule has 0 fully saturated rings. The molecule has 3 rings (SSSR count). The third-order valence-corrected chi connectivity index (χ3v) is 4.08. The van der Waals surface area contributed by atoms with Crippen molar-refractivity contribution in [3.63, 3.8) is 0 Å². The maximum absolute atomic E-state index is 13.9. The molecule has 5 nitrogen and oxygen atoms in total. The number of nitrogens with zero attached hydrogens (tertiary/aromatic N) is 1. The predicted octanol–water partition coefficient (Wildman–Crippen LogP) is 1.96. The van der Waals surface area contributed by atoms with E-state index in [9.17, 15) is 14.0 Å². The highest BCUT2D eigenvalue weighted by Gasteiger charge is 2.27. The highest BCUT2D eigenvalue weighted by Crippen LogP contribution is 2.39. The Balaban J connectivity index is 2.57. The van der Waals surface area contributed by atoms with Gasteiger partial charge in [0.1, 0.15) is 18.0 Å². The van der Waals surface area contributed by atoms with Crippen LogP contribution in [0.25, 0.3) is 10.9 Å². The van der Waals surface area contributed by atoms with Gasteiger partial charge in [0.2, 0.25) is 0 Å². The SMILES string of the molecule is C[C@H]1COc2c(Br)c(F)cc3cc(C(N)=O)c(=O)n1c23. The number of carbonyl (C=O) groups excluding carboxylic acids is 1. The van der Waals surface area contributed by atoms with Crippen LogP contribution in [0, 0.1) is 5.82 Å². The highest BCUT2D eigenvalue weighted by atomic mass is 79.9. The van der Waals surface area contributed by atoms with E-state index in [1.165, 1.54) is 16.7 Å². The zero-order valence-electron chi connectivity index (χ0n) is 10.4. The number of halogens is 2. The molecule has 0 saturated heterocycles. The van der Waals surface area contributed by atoms with E-state index >= 15 is 0 Å². The van der Waals surface area contributed by atoms with E-state index in [1.54, 1.807) is 6.92 Å². The lowest BCUT2D eigenvalue weighted by Gasteiger charge is -2.27. The minimum absolute atomic E-state index is 0.154. The number of ether oxygens (including phenoxy) is 1. The van der Waals surface area contributed by atoms with Gasteiger partial charge in [0.05, 0.1) is 16.0 Å². The summed E-state index contributed by atoms with van der Waals surface area (Å²) in [6, 6.07) is 2.28. The van der Waals surface area contributed by atoms with Crippen LogP contribution in [0.3, 0.4) is 0 Å². The van der Waals surface area contributed by atoms with E-state index in [-0.39, 0.29) is 28.4 Å². The Morgan fingerprint density at radius 3 is 2.90 bits per heavy atom. The fourth-order valence-corrected chi connectivity index (χ4v) is 2.84. The van der Waals surface area contributed by atoms with Crippen molar-refractivity contribution in [2.45, 2.75) is 13.0 Å². The average molecular weight is 341 g/mol. The monoisotopic (exact) mass is 340 g/mol. The summed E-state index contributed by atoms with van der Waals surface area (Å²) in [7, 11) is 0. The molecule has 2 aromatic rings. The van der Waals surface area contributed by atoms with Gasteiger partial charge >= 0.3 is 0 Å². The molecule has 1 amide bonds. The second-order valence-corrected chi connectivity index (χ2v) is 5.49. The Labute approximate surface area is 121 Å². The van der Waals surface area contributed by atoms with Gasteiger partial charge in [0.25, 0.3) is 11.5 Å². The molecule has 0 saturated carbocycles. The normalized spacial score (nSPS) is 17.1. The van der Waals surface area contributed by atoms with Crippen LogP contribution < -0.4 is 16.0 Å². The first kappa shape index (κ1) is 13.1. The number of rotatable bonds is 1. The van der Waals surface area contributed by atoms with E-state index in [0.29, 0.717) is 10.9 Å². The lowest BCUT2D eigenvalue weighted by atomic mass is 10.1. The third-order valence-electron chi connectivity index (χ3n) is 3.34. The quantitative estimate of drug-likeness (QED) is 0.862. The van der Waals surface area contributed by atoms with E-state index in [4.69, 9.17) is 10.5 Å². The van der Waals surface area contributed by atoms with Crippen molar-refractivity contribution >= 4 is 32.7 Å². The fraction of sp³-hybridized carbons (Fsp3) is 0.231. The summed E-state index contributed by atoms with van der Waals surface area (Å²) >= 11 is 3.11. The second kappa shape index (κ2) is 4.31. The standard InChI is InChI=1S/C13H10BrFN2O3/c1-5-4-20-11-9(14)8(15)3-6-2-7(12(16)18)13(19)17(5)10(6)11/h2-3,5H,4H2,1H3,(H2,16,18)/t5-/m0/s1. The van der Waals surface area contributed by atoms with Gasteiger partial charge in [0, 0.05) is 5.39 Å². The van der Waals surface area contributed by atoms with Crippen molar-refractivity contribution in [3.8, 4) is 5.75 Å². The first-order valence-electron chi connectivity index (χ1n) is 5.91. The molecule has 0 unspecified atom stereocenters. The molecule has 1 aliphatic rings. The molecular formula is C13H10BrFN2O3. The van der Waals surface area contributed by atoms with Crippen LogP contribution in [0.2, 0.25) is 0 Å². The Morgan fingerprint density at radius 2 is 2.25 bits per heavy atom. The zero-order chi connectivity index (χ0) is 14.6. The van der Waals surface area contributed by atoms with Crippen molar-refractivity contribution in [2.75, 3.05) is 6.61 Å². The maximum Gasteiger partial charge on any atom is 0.264 e. The molecule has 0 radical (unpaired) electrons. The van der Waals surface area contributed by atoms with Crippen LogP contribution in [-0.4, -0.2) is 17.1 Å². The van der Waals surface area contributed by atoms with Gasteiger partial charge in [-0.05, 0) is 35.0 Å². The molecule has 7 heteroatoms. The van der Waals surface area contributed by atoms with Crippen LogP contribution in [-0.2, 0) is 0 Å². The topological polar surface area (TPSA) is 74.3 Å². The largest absolute Gasteiger partial charge is 0.488 e. The Hall–Kier alpha value is -1.89. The first-order valence-corrected chi connectivity index (χ1v) is 6.71. The molecule has 1 atom stereocenters. The molecule has 1 aromatic carbocycles. The summed E-state index contributed by atoms with van der Waals surface area (Å²) in [6.07, 6.45) is 0. The van der Waals surface area contributed by atoms with Crippen molar-refractivity contribution in [2.24, 2.45) is 5.73 Å². The molecule has 0 aliphatic carbocycles. The highest BCUT2D eigenvalue weighted by molar-refractivity contribution is 9.10. The van der Waals surface area contributed by atoms with Crippen LogP contribution in [0.1, 0.15) is 23.3 Å². The van der Waals surface area contributed by atoms with Crippen molar-refractivity contribution < 1.29 is 13.9 Å². The number of aromatic nitrogens is 1. The predicted molar refractivity (Wildman–Crippen MR) is 74.6 cm³/mol. The number of hydrogen-bond donors (Lipinski definition) is 1. The lowest BCUT2D eigenvalue weighted by Crippen LogP contribution is -2.35. The van der Waals surface area contributed by atoms with E-state index in [2.05, 4.69) is 15.9 Å². The third kappa shape index (κ3) is 1.66. The number of nitrogens with two attached hydrogens (primary N) is 1. The summed E-state index contributed by atoms with van der Waals surface area (Å²) in [5.41, 5.74) is 5.04. The molecule has 2 heterocycles. The van der Waals surface area contributed by atoms with Gasteiger partial charge in [-0.3, -0.25) is 14.2 Å². The Kier molecular flexibility index (Phi) is 2.82. The van der Waals surface area contributed by atoms with Gasteiger partial charge < -0.3 is 10.5 Å². The van der Waals surface area contributed by atoms with Gasteiger partial charge in [0.15, 0.2) is 5.75 Å². The summed E-state index contributed by atoms with van der Waals surface area (Å²) in [4.78, 5) is 23.7. The van der Waals surface area contributed by atoms with Crippen molar-refractivity contribution in [1.82, 2.24) is 4.57 Å². The number of primary amides is 1. The molecule has 20 heavy (non-hydrogen) atoms. The molecule has 1 aromatic heterocycles. The summed E-state index contributed by atoms with van der Waals surface area (Å²) in [5.74, 6) is -1.09. The zero-order valence-corrected chi connectivity index (χ0v) is 12.0. The van der Waals surface area contributed by atoms with Crippen LogP contribution in [0.5, 0.6) is 5.75 Å². The van der Waals surface area contributed by atoms with Crippen LogP contribution in [0.15, 0.2) is 21.4 Å². The summed E-state index contributed by atoms with van der Waals surface area (Å²) < 4.78 is 21.0. The van der Waals surface area contributed by atoms with E-state index in [0.717, 1.165) is 0 Å². The molecule has 1 aliphatic heterocycles. The van der Waals surface area contributed by atoms with Gasteiger partial charge in [-0.25, -0.2) is 4.39 Å². The Bertz CT molecular complexity index is 816. The first-order chi connectivity index (χ1) is 9.41. The van der Waals surface area contributed by atoms with E-state index < -0.39 is 17.3 Å². The minimum Gasteiger partial charge on any atom is -0.488 e. The van der Waals surface area contributed by atoms with Crippen molar-refractivity contribution in [3.05, 3.63) is 38.3 Å². The average Bonchev–Trinajstić information content (AvgIpc) is 2.39. The molecule has 0 bridgehead atoms. The van der Waals surface area contributed by atoms with Gasteiger partial charge in [-0.2, -0.15) is 0 Å². The lowest BCUT2D eigenvalue weighted by molar-refractivity contribution is 0.0998. The smallest absolute Gasteiger partial charge is 0.264 e. The summed E-state index contributed by atoms with van der Waals surface area (Å²) in [5, 5.41) is 0.403. The van der Waals surface area contributed by atoms with Gasteiger partial charge in [-0.1, -0.05) is 0 Å². The van der Waals surface area contributed by atoms with Crippen molar-refractivity contribution in [1.29, 1.82) is 0 Å². The fourth-order valence-electron chi connectivity index (χ4n) is 2.43. The Morgan fingerprint density at radius 1 is 1.55 bits per heavy atom. The number of pyridine rings is 1. The second-order valence-electron chi connectivity index (χ2n) is 4.70. The number of hydrogen-bond acceptors (Lipinski definition) is 3. The van der Waals surface area contributed by atoms with Gasteiger partial charge in [-0.15, -0.1) is 0 Å². The molecular weight excluding hydrogens is 331 g/mol. The molecule has 2 N–H and O–H groups in total. The molecule has 104 valence electrons. The van der Waals surface area contributed by atoms with Crippen LogP contribution in [0.4, 0.5) is 4.39 Å². The number of benzene rings is 1. The maximum atomic E-state index is 13.9. The summed E-state index contributed by atoms with van der Waals surface area (Å²) in [6.45, 7) is 2.00. The molecule has 0 spiro atoms. The van der Waals surface area contributed by atoms with Crippen LogP contribution >= 0.6 is 15.9 Å². The minimum atomic E-state index is -0.829. The number of carbonyl (C=O) groups is 1.